The maximum absolute atomic E-state index is 9.76. The standard InChI is InChI=1S/C11H16O4/c1-5-15-8-6-9(13-3)10(12)11(14-4)7(8)2/h6,12H,5H2,1-4H3. The molecule has 0 spiro atoms. The van der Waals surface area contributed by atoms with Crippen LogP contribution in [0.2, 0.25) is 0 Å². The number of ether oxygens (including phenoxy) is 3. The molecule has 0 unspecified atom stereocenters. The van der Waals surface area contributed by atoms with E-state index in [9.17, 15) is 5.11 Å². The highest BCUT2D eigenvalue weighted by Crippen LogP contribution is 2.43. The van der Waals surface area contributed by atoms with Gasteiger partial charge in [0.2, 0.25) is 5.75 Å². The number of hydrogen-bond acceptors (Lipinski definition) is 4. The molecule has 1 rings (SSSR count). The number of phenolic OH excluding ortho intramolecular Hbond substituents is 1. The second-order valence-corrected chi connectivity index (χ2v) is 3.02. The Morgan fingerprint density at radius 1 is 1.20 bits per heavy atom. The topological polar surface area (TPSA) is 47.9 Å². The lowest BCUT2D eigenvalue weighted by molar-refractivity contribution is 0.312. The van der Waals surface area contributed by atoms with E-state index >= 15 is 0 Å². The molecule has 0 aliphatic carbocycles. The Morgan fingerprint density at radius 3 is 2.33 bits per heavy atom. The van der Waals surface area contributed by atoms with Gasteiger partial charge in [-0.25, -0.2) is 0 Å². The van der Waals surface area contributed by atoms with Gasteiger partial charge in [-0.15, -0.1) is 0 Å². The van der Waals surface area contributed by atoms with Crippen LogP contribution in [0.5, 0.6) is 23.0 Å². The second-order valence-electron chi connectivity index (χ2n) is 3.02. The van der Waals surface area contributed by atoms with Crippen LogP contribution in [0.25, 0.3) is 0 Å². The zero-order chi connectivity index (χ0) is 11.4. The predicted molar refractivity (Wildman–Crippen MR) is 57.1 cm³/mol. The maximum Gasteiger partial charge on any atom is 0.201 e. The summed E-state index contributed by atoms with van der Waals surface area (Å²) in [5.41, 5.74) is 0.762. The SMILES string of the molecule is CCOc1cc(OC)c(O)c(OC)c1C. The lowest BCUT2D eigenvalue weighted by Gasteiger charge is -2.15. The zero-order valence-electron chi connectivity index (χ0n) is 9.46. The van der Waals surface area contributed by atoms with Crippen molar-refractivity contribution in [1.29, 1.82) is 0 Å². The smallest absolute Gasteiger partial charge is 0.201 e. The Bertz CT molecular complexity index is 347. The third kappa shape index (κ3) is 2.09. The van der Waals surface area contributed by atoms with Crippen molar-refractivity contribution in [3.8, 4) is 23.0 Å². The maximum atomic E-state index is 9.76. The zero-order valence-corrected chi connectivity index (χ0v) is 9.46. The minimum atomic E-state index is 0.000882. The van der Waals surface area contributed by atoms with Crippen LogP contribution in [-0.4, -0.2) is 25.9 Å². The molecule has 4 heteroatoms. The first-order chi connectivity index (χ1) is 7.15. The average Bonchev–Trinajstić information content (AvgIpc) is 2.23. The molecule has 4 nitrogen and oxygen atoms in total. The molecule has 84 valence electrons. The summed E-state index contributed by atoms with van der Waals surface area (Å²) in [7, 11) is 2.98. The molecule has 15 heavy (non-hydrogen) atoms. The van der Waals surface area contributed by atoms with Crippen LogP contribution in [0.3, 0.4) is 0 Å². The van der Waals surface area contributed by atoms with E-state index in [1.807, 2.05) is 13.8 Å². The van der Waals surface area contributed by atoms with Gasteiger partial charge in [-0.05, 0) is 13.8 Å². The van der Waals surface area contributed by atoms with E-state index in [1.54, 1.807) is 6.07 Å². The molecule has 0 aliphatic heterocycles. The van der Waals surface area contributed by atoms with Gasteiger partial charge in [-0.3, -0.25) is 0 Å². The molecule has 0 bridgehead atoms. The van der Waals surface area contributed by atoms with Crippen molar-refractivity contribution in [2.45, 2.75) is 13.8 Å². The first-order valence-electron chi connectivity index (χ1n) is 4.73. The Hall–Kier alpha value is -1.58. The van der Waals surface area contributed by atoms with E-state index in [0.717, 1.165) is 5.56 Å². The van der Waals surface area contributed by atoms with Crippen LogP contribution >= 0.6 is 0 Å². The van der Waals surface area contributed by atoms with Crippen LogP contribution in [0, 0.1) is 6.92 Å². The molecular weight excluding hydrogens is 196 g/mol. The summed E-state index contributed by atoms with van der Waals surface area (Å²) in [6, 6.07) is 1.65. The third-order valence-electron chi connectivity index (χ3n) is 2.14. The van der Waals surface area contributed by atoms with Crippen LogP contribution < -0.4 is 14.2 Å². The molecule has 0 atom stereocenters. The molecule has 1 aromatic rings. The van der Waals surface area contributed by atoms with Gasteiger partial charge in [0.05, 0.1) is 20.8 Å². The largest absolute Gasteiger partial charge is 0.502 e. The Morgan fingerprint density at radius 2 is 1.87 bits per heavy atom. The molecule has 0 aliphatic rings. The molecule has 0 heterocycles. The van der Waals surface area contributed by atoms with Crippen LogP contribution in [0.15, 0.2) is 6.07 Å². The molecule has 0 amide bonds. The molecule has 0 saturated carbocycles. The minimum Gasteiger partial charge on any atom is -0.502 e. The first kappa shape index (κ1) is 11.5. The highest BCUT2D eigenvalue weighted by Gasteiger charge is 2.16. The fraction of sp³-hybridized carbons (Fsp3) is 0.455. The van der Waals surface area contributed by atoms with Crippen molar-refractivity contribution in [2.75, 3.05) is 20.8 Å². The van der Waals surface area contributed by atoms with Crippen LogP contribution in [0.1, 0.15) is 12.5 Å². The highest BCUT2D eigenvalue weighted by atomic mass is 16.5. The summed E-state index contributed by atoms with van der Waals surface area (Å²) in [6.07, 6.45) is 0. The normalized spacial score (nSPS) is 9.87. The van der Waals surface area contributed by atoms with E-state index in [0.29, 0.717) is 23.9 Å². The van der Waals surface area contributed by atoms with Gasteiger partial charge in [-0.1, -0.05) is 0 Å². The van der Waals surface area contributed by atoms with E-state index in [4.69, 9.17) is 14.2 Å². The first-order valence-corrected chi connectivity index (χ1v) is 4.73. The second kappa shape index (κ2) is 4.77. The Kier molecular flexibility index (Phi) is 3.66. The summed E-state index contributed by atoms with van der Waals surface area (Å²) >= 11 is 0. The van der Waals surface area contributed by atoms with Gasteiger partial charge in [0.25, 0.3) is 0 Å². The van der Waals surface area contributed by atoms with Gasteiger partial charge >= 0.3 is 0 Å². The van der Waals surface area contributed by atoms with Crippen LogP contribution in [-0.2, 0) is 0 Å². The Labute approximate surface area is 89.4 Å². The van der Waals surface area contributed by atoms with Crippen LogP contribution in [0.4, 0.5) is 0 Å². The van der Waals surface area contributed by atoms with E-state index < -0.39 is 0 Å². The lowest BCUT2D eigenvalue weighted by atomic mass is 10.1. The minimum absolute atomic E-state index is 0.000882. The number of aromatic hydroxyl groups is 1. The number of phenols is 1. The van der Waals surface area contributed by atoms with Gasteiger partial charge in [0, 0.05) is 11.6 Å². The molecule has 0 saturated heterocycles. The monoisotopic (exact) mass is 212 g/mol. The molecule has 1 aromatic carbocycles. The highest BCUT2D eigenvalue weighted by molar-refractivity contribution is 5.60. The fourth-order valence-corrected chi connectivity index (χ4v) is 1.41. The number of rotatable bonds is 4. The van der Waals surface area contributed by atoms with Crippen molar-refractivity contribution >= 4 is 0 Å². The van der Waals surface area contributed by atoms with E-state index in [1.165, 1.54) is 14.2 Å². The predicted octanol–water partition coefficient (Wildman–Crippen LogP) is 2.12. The summed E-state index contributed by atoms with van der Waals surface area (Å²) in [5, 5.41) is 9.76. The molecule has 0 fully saturated rings. The average molecular weight is 212 g/mol. The van der Waals surface area contributed by atoms with E-state index in [-0.39, 0.29) is 5.75 Å². The lowest BCUT2D eigenvalue weighted by Crippen LogP contribution is -1.98. The molecule has 1 N–H and O–H groups in total. The molecular formula is C11H16O4. The van der Waals surface area contributed by atoms with Gasteiger partial charge in [0.1, 0.15) is 5.75 Å². The summed E-state index contributed by atoms with van der Waals surface area (Å²) in [5.74, 6) is 1.39. The van der Waals surface area contributed by atoms with Crippen molar-refractivity contribution in [1.82, 2.24) is 0 Å². The third-order valence-corrected chi connectivity index (χ3v) is 2.14. The number of methoxy groups -OCH3 is 2. The van der Waals surface area contributed by atoms with Gasteiger partial charge in [-0.2, -0.15) is 0 Å². The van der Waals surface area contributed by atoms with Crippen molar-refractivity contribution in [2.24, 2.45) is 0 Å². The van der Waals surface area contributed by atoms with Gasteiger partial charge < -0.3 is 19.3 Å². The summed E-state index contributed by atoms with van der Waals surface area (Å²) in [4.78, 5) is 0. The van der Waals surface area contributed by atoms with Crippen molar-refractivity contribution in [3.63, 3.8) is 0 Å². The number of hydrogen-bond donors (Lipinski definition) is 1. The fourth-order valence-electron chi connectivity index (χ4n) is 1.41. The molecule has 0 aromatic heterocycles. The van der Waals surface area contributed by atoms with Crippen molar-refractivity contribution < 1.29 is 19.3 Å². The van der Waals surface area contributed by atoms with Gasteiger partial charge in [0.15, 0.2) is 11.5 Å². The Balaban J connectivity index is 3.30. The van der Waals surface area contributed by atoms with E-state index in [2.05, 4.69) is 0 Å². The quantitative estimate of drug-likeness (QED) is 0.830. The summed E-state index contributed by atoms with van der Waals surface area (Å²) in [6.45, 7) is 4.27. The number of benzene rings is 1. The summed E-state index contributed by atoms with van der Waals surface area (Å²) < 4.78 is 15.5. The van der Waals surface area contributed by atoms with Crippen molar-refractivity contribution in [3.05, 3.63) is 11.6 Å². The molecule has 0 radical (unpaired) electrons.